The summed E-state index contributed by atoms with van der Waals surface area (Å²) in [5.74, 6) is -3.83. The summed E-state index contributed by atoms with van der Waals surface area (Å²) in [6.07, 6.45) is -5.19. The van der Waals surface area contributed by atoms with Gasteiger partial charge in [-0.3, -0.25) is 25.1 Å². The van der Waals surface area contributed by atoms with Crippen molar-refractivity contribution in [2.45, 2.75) is 25.6 Å². The fraction of sp³-hybridized carbons (Fsp3) is 0.778. The molecular weight excluding hydrogens is 318 g/mol. The number of aliphatic carboxylic acids is 1. The minimum Gasteiger partial charge on any atom is -0.480 e. The molecule has 0 rings (SSSR count). The van der Waals surface area contributed by atoms with E-state index in [0.29, 0.717) is 0 Å². The molecule has 0 aromatic rings. The first kappa shape index (κ1) is 19.2. The number of nitrogens with zero attached hydrogens (tertiary/aromatic N) is 1. The number of nitrogens with one attached hydrogen (secondary N) is 2. The lowest BCUT2D eigenvalue weighted by atomic mass is 10.4. The zero-order valence-corrected chi connectivity index (χ0v) is 12.5. The summed E-state index contributed by atoms with van der Waals surface area (Å²) < 4.78 is 37.9. The fourth-order valence-electron chi connectivity index (χ4n) is 1.48. The number of carboxylic acids is 1. The molecule has 3 N–H and O–H groups in total. The maximum Gasteiger partial charge on any atom is 0.471 e. The van der Waals surface area contributed by atoms with Crippen molar-refractivity contribution in [2.75, 3.05) is 19.6 Å². The van der Waals surface area contributed by atoms with Crippen LogP contribution in [0.5, 0.6) is 0 Å². The molecule has 0 aliphatic heterocycles. The lowest BCUT2D eigenvalue weighted by molar-refractivity contribution is -0.192. The summed E-state index contributed by atoms with van der Waals surface area (Å²) in [4.78, 5) is 22.4. The maximum absolute atomic E-state index is 12.6. The molecule has 0 aromatic heterocycles. The van der Waals surface area contributed by atoms with Crippen molar-refractivity contribution in [2.24, 2.45) is 0 Å². The van der Waals surface area contributed by atoms with Gasteiger partial charge in [0, 0.05) is 7.36 Å². The van der Waals surface area contributed by atoms with E-state index in [4.69, 9.17) is 16.9 Å². The standard InChI is InChI=1S/C9H15F3N3O3PS/c1-3-13-9(19-20,14-4-2)15(5-6(16)17)7(18)8(10,11)12/h13-14H,3-5H2,1-2H3,(H,16,17). The Morgan fingerprint density at radius 3 is 1.95 bits per heavy atom. The van der Waals surface area contributed by atoms with Gasteiger partial charge >= 0.3 is 18.1 Å². The van der Waals surface area contributed by atoms with E-state index in [1.54, 1.807) is 13.8 Å². The van der Waals surface area contributed by atoms with Crippen molar-refractivity contribution in [3.8, 4) is 0 Å². The van der Waals surface area contributed by atoms with Crippen LogP contribution in [0.2, 0.25) is 0 Å². The highest BCUT2D eigenvalue weighted by molar-refractivity contribution is 7.97. The summed E-state index contributed by atoms with van der Waals surface area (Å²) in [5, 5.41) is 14.0. The van der Waals surface area contributed by atoms with Gasteiger partial charge in [0.15, 0.2) is 0 Å². The van der Waals surface area contributed by atoms with E-state index in [1.165, 1.54) is 0 Å². The molecule has 0 spiro atoms. The van der Waals surface area contributed by atoms with Crippen LogP contribution < -0.4 is 10.6 Å². The summed E-state index contributed by atoms with van der Waals surface area (Å²) in [6.45, 7) is 2.46. The number of alkyl halides is 3. The van der Waals surface area contributed by atoms with E-state index in [-0.39, 0.29) is 25.3 Å². The highest BCUT2D eigenvalue weighted by Gasteiger charge is 2.50. The number of carboxylic acid groups (broad SMARTS) is 1. The quantitative estimate of drug-likeness (QED) is 0.448. The van der Waals surface area contributed by atoms with E-state index in [9.17, 15) is 22.8 Å². The molecule has 11 heteroatoms. The molecule has 0 fully saturated rings. The summed E-state index contributed by atoms with van der Waals surface area (Å²) in [5.41, 5.74) is -1.76. The number of hydrogen-bond acceptors (Lipinski definition) is 5. The minimum absolute atomic E-state index is 0.0743. The van der Waals surface area contributed by atoms with Crippen molar-refractivity contribution < 1.29 is 27.9 Å². The number of amides is 1. The third kappa shape index (κ3) is 4.93. The number of hydrogen-bond donors (Lipinski definition) is 3. The van der Waals surface area contributed by atoms with Gasteiger partial charge in [0.1, 0.15) is 6.54 Å². The number of rotatable bonds is 8. The third-order valence-corrected chi connectivity index (χ3v) is 3.76. The molecule has 0 aliphatic rings. The van der Waals surface area contributed by atoms with Gasteiger partial charge in [0.2, 0.25) is 5.53 Å². The van der Waals surface area contributed by atoms with Crippen molar-refractivity contribution in [3.05, 3.63) is 0 Å². The van der Waals surface area contributed by atoms with Crippen LogP contribution in [0.4, 0.5) is 13.2 Å². The predicted molar refractivity (Wildman–Crippen MR) is 69.8 cm³/mol. The Labute approximate surface area is 120 Å². The molecule has 6 nitrogen and oxygen atoms in total. The first-order valence-corrected chi connectivity index (χ1v) is 7.50. The van der Waals surface area contributed by atoms with Crippen LogP contribution in [-0.2, 0) is 21.4 Å². The van der Waals surface area contributed by atoms with Crippen LogP contribution >= 0.6 is 7.36 Å². The molecule has 0 saturated carbocycles. The molecule has 116 valence electrons. The first-order chi connectivity index (χ1) is 9.14. The molecule has 1 amide bonds. The molecule has 0 saturated heterocycles. The van der Waals surface area contributed by atoms with Crippen LogP contribution in [-0.4, -0.2) is 53.2 Å². The smallest absolute Gasteiger partial charge is 0.471 e. The fourth-order valence-corrected chi connectivity index (χ4v) is 2.87. The van der Waals surface area contributed by atoms with Gasteiger partial charge in [-0.05, 0) is 13.1 Å². The van der Waals surface area contributed by atoms with Gasteiger partial charge in [0.05, 0.1) is 0 Å². The Balaban J connectivity index is 5.69. The van der Waals surface area contributed by atoms with Crippen molar-refractivity contribution in [3.63, 3.8) is 0 Å². The largest absolute Gasteiger partial charge is 0.480 e. The van der Waals surface area contributed by atoms with E-state index < -0.39 is 30.1 Å². The van der Waals surface area contributed by atoms with Gasteiger partial charge in [-0.2, -0.15) is 13.2 Å². The molecule has 0 bridgehead atoms. The van der Waals surface area contributed by atoms with Gasteiger partial charge in [-0.1, -0.05) is 25.7 Å². The molecule has 20 heavy (non-hydrogen) atoms. The Morgan fingerprint density at radius 2 is 1.70 bits per heavy atom. The topological polar surface area (TPSA) is 81.7 Å². The van der Waals surface area contributed by atoms with Crippen LogP contribution in [0.3, 0.4) is 0 Å². The average molecular weight is 333 g/mol. The maximum atomic E-state index is 12.6. The van der Waals surface area contributed by atoms with Gasteiger partial charge in [-0.15, -0.1) is 0 Å². The van der Waals surface area contributed by atoms with Crippen molar-refractivity contribution in [1.29, 1.82) is 0 Å². The predicted octanol–water partition coefficient (Wildman–Crippen LogP) is 0.700. The second-order valence-electron chi connectivity index (χ2n) is 3.61. The van der Waals surface area contributed by atoms with E-state index in [0.717, 1.165) is 0 Å². The lowest BCUT2D eigenvalue weighted by Crippen LogP contribution is -2.68. The Bertz CT molecular complexity index is 375. The SMILES string of the molecule is CCNC(NCC)(P=S)N(CC(=O)O)C(=O)C(F)(F)F. The Kier molecular flexibility index (Phi) is 7.50. The first-order valence-electron chi connectivity index (χ1n) is 5.59. The van der Waals surface area contributed by atoms with Crippen LogP contribution in [0, 0.1) is 0 Å². The lowest BCUT2D eigenvalue weighted by Gasteiger charge is -2.40. The number of carbonyl (C=O) groups is 2. The molecule has 0 aromatic carbocycles. The highest BCUT2D eigenvalue weighted by Crippen LogP contribution is 2.28. The van der Waals surface area contributed by atoms with Gasteiger partial charge < -0.3 is 5.11 Å². The molecular formula is C9H15F3N3O3PS. The van der Waals surface area contributed by atoms with Crippen molar-refractivity contribution >= 4 is 31.0 Å². The zero-order valence-electron chi connectivity index (χ0n) is 10.8. The van der Waals surface area contributed by atoms with Crippen LogP contribution in [0.15, 0.2) is 0 Å². The van der Waals surface area contributed by atoms with Crippen LogP contribution in [0.25, 0.3) is 0 Å². The highest BCUT2D eigenvalue weighted by atomic mass is 32.4. The summed E-state index contributed by atoms with van der Waals surface area (Å²) in [6, 6.07) is 0. The number of halogens is 3. The van der Waals surface area contributed by atoms with E-state index in [1.807, 2.05) is 0 Å². The monoisotopic (exact) mass is 333 g/mol. The second kappa shape index (κ2) is 7.82. The number of carbonyl (C=O) groups excluding carboxylic acids is 1. The molecule has 0 unspecified atom stereocenters. The van der Waals surface area contributed by atoms with Gasteiger partial charge in [0.25, 0.3) is 0 Å². The molecule has 0 heterocycles. The third-order valence-electron chi connectivity index (χ3n) is 2.15. The Morgan fingerprint density at radius 1 is 1.25 bits per heavy atom. The molecule has 0 atom stereocenters. The average Bonchev–Trinajstić information content (AvgIpc) is 2.33. The molecule has 0 aliphatic carbocycles. The summed E-state index contributed by atoms with van der Waals surface area (Å²) >= 11 is 4.78. The minimum atomic E-state index is -5.19. The normalized spacial score (nSPS) is 12.4. The van der Waals surface area contributed by atoms with E-state index in [2.05, 4.69) is 10.6 Å². The second-order valence-corrected chi connectivity index (χ2v) is 4.98. The molecule has 0 radical (unpaired) electrons. The zero-order chi connectivity index (χ0) is 16.0. The Hall–Kier alpha value is -0.830. The van der Waals surface area contributed by atoms with E-state index >= 15 is 0 Å². The summed E-state index contributed by atoms with van der Waals surface area (Å²) in [7, 11) is -0.0743. The van der Waals surface area contributed by atoms with Crippen molar-refractivity contribution in [1.82, 2.24) is 15.5 Å². The van der Waals surface area contributed by atoms with Gasteiger partial charge in [-0.25, -0.2) is 0 Å². The van der Waals surface area contributed by atoms with Crippen LogP contribution in [0.1, 0.15) is 13.8 Å².